The molecule has 7 nitrogen and oxygen atoms in total. The van der Waals surface area contributed by atoms with Gasteiger partial charge >= 0.3 is 6.03 Å². The zero-order chi connectivity index (χ0) is 16.3. The molecule has 0 aliphatic rings. The van der Waals surface area contributed by atoms with Crippen LogP contribution in [-0.4, -0.2) is 44.2 Å². The lowest BCUT2D eigenvalue weighted by atomic mass is 10.1. The molecule has 118 valence electrons. The van der Waals surface area contributed by atoms with Gasteiger partial charge in [-0.3, -0.25) is 4.79 Å². The number of amides is 2. The first-order valence-electron chi connectivity index (χ1n) is 6.69. The smallest absolute Gasteiger partial charge is 0.317 e. The second-order valence-electron chi connectivity index (χ2n) is 4.97. The average molecular weight is 305 g/mol. The van der Waals surface area contributed by atoms with E-state index < -0.39 is 0 Å². The SMILES string of the molecule is COc1cc2cc(CNC(=O)N(C)C)c(=O)[nH]c2cc1OC. The highest BCUT2D eigenvalue weighted by molar-refractivity contribution is 5.83. The van der Waals surface area contributed by atoms with E-state index in [0.717, 1.165) is 5.39 Å². The van der Waals surface area contributed by atoms with Gasteiger partial charge in [-0.1, -0.05) is 0 Å². The summed E-state index contributed by atoms with van der Waals surface area (Å²) in [5, 5.41) is 3.46. The maximum absolute atomic E-state index is 12.1. The Morgan fingerprint density at radius 3 is 2.41 bits per heavy atom. The lowest BCUT2D eigenvalue weighted by molar-refractivity contribution is 0.217. The van der Waals surface area contributed by atoms with Crippen LogP contribution in [0.3, 0.4) is 0 Å². The van der Waals surface area contributed by atoms with Crippen LogP contribution in [-0.2, 0) is 6.54 Å². The van der Waals surface area contributed by atoms with Crippen LogP contribution in [0.4, 0.5) is 4.79 Å². The summed E-state index contributed by atoms with van der Waals surface area (Å²) in [4.78, 5) is 27.8. The highest BCUT2D eigenvalue weighted by atomic mass is 16.5. The van der Waals surface area contributed by atoms with Crippen molar-refractivity contribution in [2.75, 3.05) is 28.3 Å². The predicted octanol–water partition coefficient (Wildman–Crippen LogP) is 1.32. The number of rotatable bonds is 4. The van der Waals surface area contributed by atoms with Crippen molar-refractivity contribution < 1.29 is 14.3 Å². The van der Waals surface area contributed by atoms with Gasteiger partial charge < -0.3 is 24.7 Å². The standard InChI is InChI=1S/C15H19N3O4/c1-18(2)15(20)16-8-10-5-9-6-12(21-3)13(22-4)7-11(9)17-14(10)19/h5-7H,8H2,1-4H3,(H,16,20)(H,17,19). The number of hydrogen-bond donors (Lipinski definition) is 2. The number of pyridine rings is 1. The number of aromatic nitrogens is 1. The third kappa shape index (κ3) is 3.13. The minimum absolute atomic E-state index is 0.149. The monoisotopic (exact) mass is 305 g/mol. The van der Waals surface area contributed by atoms with Gasteiger partial charge in [0.05, 0.1) is 19.7 Å². The number of benzene rings is 1. The van der Waals surface area contributed by atoms with Crippen molar-refractivity contribution >= 4 is 16.9 Å². The molecule has 2 amide bonds. The van der Waals surface area contributed by atoms with E-state index in [9.17, 15) is 9.59 Å². The van der Waals surface area contributed by atoms with Gasteiger partial charge in [-0.2, -0.15) is 0 Å². The van der Waals surface area contributed by atoms with Crippen LogP contribution in [0.25, 0.3) is 10.9 Å². The molecule has 0 atom stereocenters. The molecule has 0 saturated heterocycles. The summed E-state index contributed by atoms with van der Waals surface area (Å²) in [6, 6.07) is 4.96. The van der Waals surface area contributed by atoms with Crippen LogP contribution in [0.1, 0.15) is 5.56 Å². The molecule has 1 aromatic carbocycles. The molecule has 7 heteroatoms. The number of ether oxygens (including phenoxy) is 2. The van der Waals surface area contributed by atoms with Crippen molar-refractivity contribution in [3.63, 3.8) is 0 Å². The number of carbonyl (C=O) groups excluding carboxylic acids is 1. The number of nitrogens with zero attached hydrogens (tertiary/aromatic N) is 1. The highest BCUT2D eigenvalue weighted by Crippen LogP contribution is 2.30. The summed E-state index contributed by atoms with van der Waals surface area (Å²) in [5.74, 6) is 1.12. The minimum Gasteiger partial charge on any atom is -0.493 e. The molecule has 1 heterocycles. The maximum atomic E-state index is 12.1. The third-order valence-electron chi connectivity index (χ3n) is 3.26. The van der Waals surface area contributed by atoms with E-state index in [0.29, 0.717) is 22.6 Å². The molecule has 2 N–H and O–H groups in total. The van der Waals surface area contributed by atoms with Gasteiger partial charge in [-0.25, -0.2) is 4.79 Å². The number of hydrogen-bond acceptors (Lipinski definition) is 4. The number of methoxy groups -OCH3 is 2. The Hall–Kier alpha value is -2.70. The number of urea groups is 1. The van der Waals surface area contributed by atoms with Crippen molar-refractivity contribution in [1.29, 1.82) is 0 Å². The van der Waals surface area contributed by atoms with Crippen LogP contribution in [0.5, 0.6) is 11.5 Å². The van der Waals surface area contributed by atoms with Crippen molar-refractivity contribution in [3.05, 3.63) is 34.1 Å². The number of fused-ring (bicyclic) bond motifs is 1. The van der Waals surface area contributed by atoms with Gasteiger partial charge in [0.25, 0.3) is 5.56 Å². The zero-order valence-electron chi connectivity index (χ0n) is 13.0. The van der Waals surface area contributed by atoms with Crippen LogP contribution in [0.2, 0.25) is 0 Å². The number of aromatic amines is 1. The Labute approximate surface area is 127 Å². The fourth-order valence-electron chi connectivity index (χ4n) is 2.04. The minimum atomic E-state index is -0.258. The first-order chi connectivity index (χ1) is 10.5. The first kappa shape index (κ1) is 15.7. The normalized spacial score (nSPS) is 10.4. The van der Waals surface area contributed by atoms with E-state index in [-0.39, 0.29) is 18.1 Å². The number of H-pyrrole nitrogens is 1. The van der Waals surface area contributed by atoms with Gasteiger partial charge in [0.15, 0.2) is 11.5 Å². The van der Waals surface area contributed by atoms with Crippen LogP contribution < -0.4 is 20.3 Å². The number of nitrogens with one attached hydrogen (secondary N) is 2. The second kappa shape index (κ2) is 6.38. The Kier molecular flexibility index (Phi) is 4.55. The molecular weight excluding hydrogens is 286 g/mol. The summed E-state index contributed by atoms with van der Waals surface area (Å²) < 4.78 is 10.5. The molecule has 0 unspecified atom stereocenters. The predicted molar refractivity (Wildman–Crippen MR) is 83.6 cm³/mol. The number of carbonyl (C=O) groups is 1. The van der Waals surface area contributed by atoms with Gasteiger partial charge in [0, 0.05) is 37.7 Å². The molecular formula is C15H19N3O4. The van der Waals surface area contributed by atoms with Gasteiger partial charge in [0.2, 0.25) is 0 Å². The molecule has 0 radical (unpaired) electrons. The molecule has 0 aliphatic heterocycles. The summed E-state index contributed by atoms with van der Waals surface area (Å²) in [6.45, 7) is 0.149. The fraction of sp³-hybridized carbons (Fsp3) is 0.333. The summed E-state index contributed by atoms with van der Waals surface area (Å²) in [7, 11) is 6.36. The van der Waals surface area contributed by atoms with Crippen LogP contribution in [0, 0.1) is 0 Å². The molecule has 0 bridgehead atoms. The lowest BCUT2D eigenvalue weighted by Gasteiger charge is -2.12. The average Bonchev–Trinajstić information content (AvgIpc) is 2.51. The van der Waals surface area contributed by atoms with E-state index >= 15 is 0 Å². The largest absolute Gasteiger partial charge is 0.493 e. The highest BCUT2D eigenvalue weighted by Gasteiger charge is 2.10. The van der Waals surface area contributed by atoms with E-state index in [2.05, 4.69) is 10.3 Å². The molecule has 0 aliphatic carbocycles. The topological polar surface area (TPSA) is 83.7 Å². The molecule has 22 heavy (non-hydrogen) atoms. The van der Waals surface area contributed by atoms with Gasteiger partial charge in [0.1, 0.15) is 0 Å². The Balaban J connectivity index is 2.39. The maximum Gasteiger partial charge on any atom is 0.317 e. The summed E-state index contributed by atoms with van der Waals surface area (Å²) >= 11 is 0. The van der Waals surface area contributed by atoms with Crippen molar-refractivity contribution in [1.82, 2.24) is 15.2 Å². The van der Waals surface area contributed by atoms with Gasteiger partial charge in [-0.05, 0) is 12.1 Å². The molecule has 1 aromatic heterocycles. The molecule has 0 saturated carbocycles. The summed E-state index contributed by atoms with van der Waals surface area (Å²) in [5.41, 5.74) is 0.860. The quantitative estimate of drug-likeness (QED) is 0.892. The lowest BCUT2D eigenvalue weighted by Crippen LogP contribution is -2.35. The van der Waals surface area contributed by atoms with E-state index in [1.165, 1.54) is 12.0 Å². The van der Waals surface area contributed by atoms with Crippen molar-refractivity contribution in [2.45, 2.75) is 6.54 Å². The summed E-state index contributed by atoms with van der Waals surface area (Å²) in [6.07, 6.45) is 0. The second-order valence-corrected chi connectivity index (χ2v) is 4.97. The fourth-order valence-corrected chi connectivity index (χ4v) is 2.04. The molecule has 0 fully saturated rings. The molecule has 2 rings (SSSR count). The zero-order valence-corrected chi connectivity index (χ0v) is 13.0. The van der Waals surface area contributed by atoms with E-state index in [1.54, 1.807) is 39.4 Å². The first-order valence-corrected chi connectivity index (χ1v) is 6.69. The molecule has 2 aromatic rings. The van der Waals surface area contributed by atoms with Crippen molar-refractivity contribution in [2.24, 2.45) is 0 Å². The van der Waals surface area contributed by atoms with Crippen LogP contribution in [0.15, 0.2) is 23.0 Å². The third-order valence-corrected chi connectivity index (χ3v) is 3.26. The Morgan fingerprint density at radius 1 is 1.18 bits per heavy atom. The van der Waals surface area contributed by atoms with E-state index in [4.69, 9.17) is 9.47 Å². The van der Waals surface area contributed by atoms with Crippen molar-refractivity contribution in [3.8, 4) is 11.5 Å². The Bertz CT molecular complexity index is 752. The van der Waals surface area contributed by atoms with Crippen LogP contribution >= 0.6 is 0 Å². The van der Waals surface area contributed by atoms with E-state index in [1.807, 2.05) is 0 Å². The molecule has 0 spiro atoms. The van der Waals surface area contributed by atoms with Gasteiger partial charge in [-0.15, -0.1) is 0 Å². The Morgan fingerprint density at radius 2 is 1.82 bits per heavy atom.